The van der Waals surface area contributed by atoms with E-state index in [1.54, 1.807) is 0 Å². The Morgan fingerprint density at radius 2 is 2.17 bits per heavy atom. The summed E-state index contributed by atoms with van der Waals surface area (Å²) in [5.74, 6) is -2.90. The first-order chi connectivity index (χ1) is 5.52. The summed E-state index contributed by atoms with van der Waals surface area (Å²) in [6.07, 6.45) is 2.07. The van der Waals surface area contributed by atoms with E-state index >= 15 is 0 Å². The summed E-state index contributed by atoms with van der Waals surface area (Å²) in [5.41, 5.74) is 3.66. The topological polar surface area (TPSA) is 35.2 Å². The van der Waals surface area contributed by atoms with Crippen molar-refractivity contribution in [2.45, 2.75) is 37.7 Å². The van der Waals surface area contributed by atoms with Crippen LogP contribution in [-0.2, 0) is 4.74 Å². The van der Waals surface area contributed by atoms with Crippen LogP contribution in [0.5, 0.6) is 0 Å². The van der Waals surface area contributed by atoms with E-state index < -0.39 is 18.1 Å². The Morgan fingerprint density at radius 3 is 2.58 bits per heavy atom. The van der Waals surface area contributed by atoms with E-state index in [1.165, 1.54) is 6.92 Å². The van der Waals surface area contributed by atoms with Gasteiger partial charge in [-0.2, -0.15) is 0 Å². The molecule has 1 rings (SSSR count). The summed E-state index contributed by atoms with van der Waals surface area (Å²) in [4.78, 5) is 0. The maximum atomic E-state index is 13.2. The summed E-state index contributed by atoms with van der Waals surface area (Å²) in [5, 5.41) is 0. The zero-order valence-corrected chi connectivity index (χ0v) is 7.28. The van der Waals surface area contributed by atoms with E-state index in [4.69, 9.17) is 10.5 Å². The molecule has 0 amide bonds. The standard InChI is InChI=1S/C8H15F2NO/c1-7(8(9,10)6-11)4-2-3-5-12-7/h2-6,11H2,1H3. The molecule has 2 nitrogen and oxygen atoms in total. The van der Waals surface area contributed by atoms with Crippen LogP contribution < -0.4 is 5.73 Å². The Labute approximate surface area is 71.1 Å². The predicted octanol–water partition coefficient (Wildman–Crippen LogP) is 1.54. The Bertz CT molecular complexity index is 155. The molecule has 0 aromatic carbocycles. The zero-order chi connectivity index (χ0) is 9.24. The monoisotopic (exact) mass is 179 g/mol. The van der Waals surface area contributed by atoms with Crippen molar-refractivity contribution in [3.8, 4) is 0 Å². The molecule has 0 radical (unpaired) electrons. The summed E-state index contributed by atoms with van der Waals surface area (Å²) in [6.45, 7) is 1.23. The fourth-order valence-electron chi connectivity index (χ4n) is 1.44. The fraction of sp³-hybridized carbons (Fsp3) is 1.00. The Kier molecular flexibility index (Phi) is 2.68. The molecule has 2 N–H and O–H groups in total. The fourth-order valence-corrected chi connectivity index (χ4v) is 1.44. The molecule has 0 aromatic heterocycles. The van der Waals surface area contributed by atoms with Crippen molar-refractivity contribution in [3.05, 3.63) is 0 Å². The largest absolute Gasteiger partial charge is 0.369 e. The molecule has 0 aromatic rings. The van der Waals surface area contributed by atoms with Crippen LogP contribution in [0.1, 0.15) is 26.2 Å². The molecule has 0 saturated carbocycles. The first-order valence-corrected chi connectivity index (χ1v) is 4.24. The van der Waals surface area contributed by atoms with Crippen LogP contribution in [0.4, 0.5) is 8.78 Å². The summed E-state index contributed by atoms with van der Waals surface area (Å²) in [6, 6.07) is 0. The first-order valence-electron chi connectivity index (χ1n) is 4.24. The quantitative estimate of drug-likeness (QED) is 0.697. The third-order valence-electron chi connectivity index (χ3n) is 2.50. The highest BCUT2D eigenvalue weighted by Gasteiger charge is 2.50. The Hall–Kier alpha value is -0.220. The van der Waals surface area contributed by atoms with Gasteiger partial charge in [-0.05, 0) is 26.2 Å². The zero-order valence-electron chi connectivity index (χ0n) is 7.28. The predicted molar refractivity (Wildman–Crippen MR) is 42.2 cm³/mol. The van der Waals surface area contributed by atoms with Crippen LogP contribution in [0, 0.1) is 0 Å². The third kappa shape index (κ3) is 1.59. The molecule has 12 heavy (non-hydrogen) atoms. The average Bonchev–Trinajstić information content (AvgIpc) is 2.06. The highest BCUT2D eigenvalue weighted by atomic mass is 19.3. The molecule has 1 unspecified atom stereocenters. The minimum Gasteiger partial charge on any atom is -0.369 e. The van der Waals surface area contributed by atoms with Gasteiger partial charge in [0.2, 0.25) is 0 Å². The number of ether oxygens (including phenoxy) is 1. The van der Waals surface area contributed by atoms with Gasteiger partial charge in [-0.3, -0.25) is 0 Å². The van der Waals surface area contributed by atoms with Gasteiger partial charge in [0.1, 0.15) is 5.60 Å². The van der Waals surface area contributed by atoms with Gasteiger partial charge in [0.15, 0.2) is 0 Å². The molecule has 1 aliphatic rings. The van der Waals surface area contributed by atoms with Crippen molar-refractivity contribution in [1.82, 2.24) is 0 Å². The van der Waals surface area contributed by atoms with Crippen LogP contribution >= 0.6 is 0 Å². The highest BCUT2D eigenvalue weighted by Crippen LogP contribution is 2.37. The van der Waals surface area contributed by atoms with E-state index in [9.17, 15) is 8.78 Å². The van der Waals surface area contributed by atoms with E-state index in [0.717, 1.165) is 12.8 Å². The van der Waals surface area contributed by atoms with Gasteiger partial charge in [-0.25, -0.2) is 8.78 Å². The maximum absolute atomic E-state index is 13.2. The van der Waals surface area contributed by atoms with Gasteiger partial charge in [0.05, 0.1) is 6.54 Å². The van der Waals surface area contributed by atoms with Gasteiger partial charge in [-0.1, -0.05) is 0 Å². The molecule has 4 heteroatoms. The molecular formula is C8H15F2NO. The molecule has 1 heterocycles. The van der Waals surface area contributed by atoms with Crippen LogP contribution in [-0.4, -0.2) is 24.7 Å². The molecule has 0 spiro atoms. The lowest BCUT2D eigenvalue weighted by Crippen LogP contribution is -2.53. The number of halogens is 2. The second-order valence-corrected chi connectivity index (χ2v) is 3.44. The van der Waals surface area contributed by atoms with E-state index in [0.29, 0.717) is 13.0 Å². The number of rotatable bonds is 2. The summed E-state index contributed by atoms with van der Waals surface area (Å²) < 4.78 is 31.4. The molecular weight excluding hydrogens is 164 g/mol. The molecule has 1 fully saturated rings. The normalized spacial score (nSPS) is 32.0. The van der Waals surface area contributed by atoms with E-state index in [1.807, 2.05) is 0 Å². The van der Waals surface area contributed by atoms with Crippen molar-refractivity contribution in [3.63, 3.8) is 0 Å². The van der Waals surface area contributed by atoms with E-state index in [2.05, 4.69) is 0 Å². The second-order valence-electron chi connectivity index (χ2n) is 3.44. The maximum Gasteiger partial charge on any atom is 0.288 e. The summed E-state index contributed by atoms with van der Waals surface area (Å²) >= 11 is 0. The van der Waals surface area contributed by atoms with Crippen molar-refractivity contribution < 1.29 is 13.5 Å². The van der Waals surface area contributed by atoms with Gasteiger partial charge in [0, 0.05) is 6.61 Å². The Morgan fingerprint density at radius 1 is 1.50 bits per heavy atom. The third-order valence-corrected chi connectivity index (χ3v) is 2.50. The average molecular weight is 179 g/mol. The molecule has 72 valence electrons. The van der Waals surface area contributed by atoms with Crippen LogP contribution in [0.25, 0.3) is 0 Å². The van der Waals surface area contributed by atoms with Crippen molar-refractivity contribution >= 4 is 0 Å². The smallest absolute Gasteiger partial charge is 0.288 e. The van der Waals surface area contributed by atoms with Crippen molar-refractivity contribution in [1.29, 1.82) is 0 Å². The Balaban J connectivity index is 2.68. The van der Waals surface area contributed by atoms with Gasteiger partial charge in [-0.15, -0.1) is 0 Å². The molecule has 1 saturated heterocycles. The summed E-state index contributed by atoms with van der Waals surface area (Å²) in [7, 11) is 0. The number of hydrogen-bond donors (Lipinski definition) is 1. The number of alkyl halides is 2. The first kappa shape index (κ1) is 9.86. The van der Waals surface area contributed by atoms with Crippen LogP contribution in [0.2, 0.25) is 0 Å². The molecule has 0 bridgehead atoms. The SMILES string of the molecule is CC1(C(F)(F)CN)CCCCO1. The highest BCUT2D eigenvalue weighted by molar-refractivity contribution is 4.93. The van der Waals surface area contributed by atoms with Gasteiger partial charge in [0.25, 0.3) is 5.92 Å². The lowest BCUT2D eigenvalue weighted by molar-refractivity contribution is -0.211. The lowest BCUT2D eigenvalue weighted by atomic mass is 9.89. The molecule has 1 atom stereocenters. The van der Waals surface area contributed by atoms with Crippen molar-refractivity contribution in [2.75, 3.05) is 13.2 Å². The molecule has 0 aliphatic carbocycles. The number of nitrogens with two attached hydrogens (primary N) is 1. The van der Waals surface area contributed by atoms with Crippen LogP contribution in [0.3, 0.4) is 0 Å². The minimum absolute atomic E-state index is 0.400. The minimum atomic E-state index is -2.90. The lowest BCUT2D eigenvalue weighted by Gasteiger charge is -2.39. The second kappa shape index (κ2) is 3.26. The number of hydrogen-bond acceptors (Lipinski definition) is 2. The molecule has 1 aliphatic heterocycles. The van der Waals surface area contributed by atoms with Crippen LogP contribution in [0.15, 0.2) is 0 Å². The van der Waals surface area contributed by atoms with Crippen molar-refractivity contribution in [2.24, 2.45) is 5.73 Å². The van der Waals surface area contributed by atoms with Gasteiger partial charge < -0.3 is 10.5 Å². The van der Waals surface area contributed by atoms with Gasteiger partial charge >= 0.3 is 0 Å². The van der Waals surface area contributed by atoms with E-state index in [-0.39, 0.29) is 0 Å².